The number of benzene rings is 2. The van der Waals surface area contributed by atoms with Gasteiger partial charge in [-0.1, -0.05) is 51.1 Å². The summed E-state index contributed by atoms with van der Waals surface area (Å²) in [5.41, 5.74) is -1.72. The largest absolute Gasteiger partial charge is 0.333 e. The lowest BCUT2D eigenvalue weighted by atomic mass is 9.83. The molecular formula is C22H21N2O5. The molecule has 0 heterocycles. The topological polar surface area (TPSA) is 106 Å². The second kappa shape index (κ2) is 7.58. The number of nitro groups is 1. The molecule has 0 spiro atoms. The fraction of sp³-hybridized carbons (Fsp3) is 0.318. The molecule has 1 N–H and O–H groups in total. The van der Waals surface area contributed by atoms with Crippen LogP contribution in [0, 0.1) is 16.2 Å². The molecule has 1 amide bonds. The highest BCUT2D eigenvalue weighted by atomic mass is 16.6. The summed E-state index contributed by atoms with van der Waals surface area (Å²) in [6.45, 7) is 5.78. The Morgan fingerprint density at radius 3 is 2.48 bits per heavy atom. The van der Waals surface area contributed by atoms with E-state index in [1.165, 1.54) is 18.2 Å². The number of nitrogens with one attached hydrogen (secondary N) is 1. The zero-order valence-electron chi connectivity index (χ0n) is 16.4. The third-order valence-corrected chi connectivity index (χ3v) is 5.10. The fourth-order valence-corrected chi connectivity index (χ4v) is 3.57. The van der Waals surface area contributed by atoms with Crippen LogP contribution >= 0.6 is 0 Å². The molecule has 0 aromatic heterocycles. The van der Waals surface area contributed by atoms with Gasteiger partial charge in [0.15, 0.2) is 5.54 Å². The highest BCUT2D eigenvalue weighted by Crippen LogP contribution is 2.41. The first-order valence-electron chi connectivity index (χ1n) is 9.44. The summed E-state index contributed by atoms with van der Waals surface area (Å²) in [6, 6.07) is 11.9. The van der Waals surface area contributed by atoms with Crippen LogP contribution in [-0.2, 0) is 10.3 Å². The van der Waals surface area contributed by atoms with E-state index in [0.717, 1.165) is 5.56 Å². The molecule has 0 fully saturated rings. The van der Waals surface area contributed by atoms with Crippen molar-refractivity contribution in [2.45, 2.75) is 45.1 Å². The van der Waals surface area contributed by atoms with Gasteiger partial charge in [-0.05, 0) is 24.0 Å². The van der Waals surface area contributed by atoms with E-state index in [1.807, 2.05) is 13.8 Å². The predicted molar refractivity (Wildman–Crippen MR) is 106 cm³/mol. The Morgan fingerprint density at radius 2 is 1.93 bits per heavy atom. The zero-order valence-corrected chi connectivity index (χ0v) is 16.4. The van der Waals surface area contributed by atoms with Gasteiger partial charge in [0, 0.05) is 23.6 Å². The molecule has 1 aliphatic carbocycles. The van der Waals surface area contributed by atoms with Crippen molar-refractivity contribution in [2.75, 3.05) is 0 Å². The van der Waals surface area contributed by atoms with Gasteiger partial charge in [0.25, 0.3) is 5.69 Å². The van der Waals surface area contributed by atoms with Crippen LogP contribution in [0.25, 0.3) is 0 Å². The van der Waals surface area contributed by atoms with Crippen LogP contribution in [0.3, 0.4) is 0 Å². The molecule has 1 radical (unpaired) electrons. The molecule has 0 bridgehead atoms. The number of hydrogen-bond acceptors (Lipinski definition) is 5. The first-order chi connectivity index (χ1) is 13.7. The van der Waals surface area contributed by atoms with E-state index in [9.17, 15) is 24.5 Å². The maximum absolute atomic E-state index is 13.5. The van der Waals surface area contributed by atoms with Crippen molar-refractivity contribution in [3.8, 4) is 0 Å². The van der Waals surface area contributed by atoms with Crippen LogP contribution in [-0.4, -0.2) is 22.4 Å². The molecule has 1 atom stereocenters. The first kappa shape index (κ1) is 20.4. The van der Waals surface area contributed by atoms with E-state index in [0.29, 0.717) is 6.42 Å². The van der Waals surface area contributed by atoms with Crippen molar-refractivity contribution in [2.24, 2.45) is 0 Å². The van der Waals surface area contributed by atoms with Gasteiger partial charge < -0.3 is 5.32 Å². The van der Waals surface area contributed by atoms with Gasteiger partial charge in [0.05, 0.1) is 4.92 Å². The van der Waals surface area contributed by atoms with Crippen LogP contribution in [0.15, 0.2) is 36.4 Å². The maximum Gasteiger partial charge on any atom is 0.281 e. The van der Waals surface area contributed by atoms with Crippen LogP contribution in [0.1, 0.15) is 71.4 Å². The molecule has 7 nitrogen and oxygen atoms in total. The Bertz CT molecular complexity index is 1010. The molecule has 149 valence electrons. The monoisotopic (exact) mass is 393 g/mol. The molecule has 2 aromatic rings. The Labute approximate surface area is 168 Å². The summed E-state index contributed by atoms with van der Waals surface area (Å²) >= 11 is 0. The summed E-state index contributed by atoms with van der Waals surface area (Å²) in [5, 5.41) is 14.0. The lowest BCUT2D eigenvalue weighted by Crippen LogP contribution is -2.54. The fourth-order valence-electron chi connectivity index (χ4n) is 3.57. The van der Waals surface area contributed by atoms with E-state index in [1.54, 1.807) is 25.1 Å². The average molecular weight is 393 g/mol. The standard InChI is InChI=1S/C22H21N2O5/c1-4-6-18(25)23-22(15-11-9-14(10-12-15)13(2)3)20(26)16-7-5-8-17(24(28)29)19(16)21(22)27/h5,7-11,13H,4,6H2,1-3H3,(H,23,25). The molecule has 1 unspecified atom stereocenters. The number of hydrogen-bond donors (Lipinski definition) is 1. The van der Waals surface area contributed by atoms with Gasteiger partial charge in [-0.3, -0.25) is 24.5 Å². The first-order valence-corrected chi connectivity index (χ1v) is 9.44. The Morgan fingerprint density at radius 1 is 1.21 bits per heavy atom. The molecule has 0 saturated carbocycles. The number of Topliss-reactive ketones (excluding diaryl/α,β-unsaturated/α-hetero) is 2. The van der Waals surface area contributed by atoms with Gasteiger partial charge in [0.2, 0.25) is 17.5 Å². The Balaban J connectivity index is 2.22. The molecule has 0 aliphatic heterocycles. The van der Waals surface area contributed by atoms with Crippen LogP contribution in [0.4, 0.5) is 5.69 Å². The molecule has 1 aliphatic rings. The lowest BCUT2D eigenvalue weighted by molar-refractivity contribution is -0.385. The summed E-state index contributed by atoms with van der Waals surface area (Å²) in [4.78, 5) is 50.0. The Hall–Kier alpha value is -3.35. The summed E-state index contributed by atoms with van der Waals surface area (Å²) in [7, 11) is 0. The third kappa shape index (κ3) is 3.22. The van der Waals surface area contributed by atoms with Gasteiger partial charge in [-0.2, -0.15) is 0 Å². The lowest BCUT2D eigenvalue weighted by Gasteiger charge is -2.28. The quantitative estimate of drug-likeness (QED) is 0.457. The predicted octanol–water partition coefficient (Wildman–Crippen LogP) is 3.71. The second-order valence-electron chi connectivity index (χ2n) is 7.35. The van der Waals surface area contributed by atoms with Crippen molar-refractivity contribution in [1.82, 2.24) is 5.32 Å². The number of nitro benzene ring substituents is 1. The zero-order chi connectivity index (χ0) is 21.3. The smallest absolute Gasteiger partial charge is 0.281 e. The Kier molecular flexibility index (Phi) is 5.33. The second-order valence-corrected chi connectivity index (χ2v) is 7.35. The SMILES string of the molecule is CCCC(=O)NC1(c2[c]cc(C(C)C)cc2)C(=O)c2cccc([N+](=O)[O-])c2C1=O. The number of amides is 1. The molecule has 7 heteroatoms. The maximum atomic E-state index is 13.5. The van der Waals surface area contributed by atoms with Crippen molar-refractivity contribution in [3.05, 3.63) is 74.8 Å². The van der Waals surface area contributed by atoms with E-state index in [2.05, 4.69) is 11.4 Å². The number of rotatable bonds is 6. The minimum atomic E-state index is -2.05. The number of carbonyl (C=O) groups is 3. The number of ketones is 2. The molecule has 2 aromatic carbocycles. The number of nitrogens with zero attached hydrogens (tertiary/aromatic N) is 1. The molecule has 0 saturated heterocycles. The summed E-state index contributed by atoms with van der Waals surface area (Å²) < 4.78 is 0. The van der Waals surface area contributed by atoms with Crippen molar-refractivity contribution < 1.29 is 19.3 Å². The van der Waals surface area contributed by atoms with E-state index >= 15 is 0 Å². The van der Waals surface area contributed by atoms with Gasteiger partial charge >= 0.3 is 0 Å². The van der Waals surface area contributed by atoms with E-state index in [-0.39, 0.29) is 29.0 Å². The molecule has 29 heavy (non-hydrogen) atoms. The number of fused-ring (bicyclic) bond motifs is 1. The van der Waals surface area contributed by atoms with Crippen molar-refractivity contribution in [3.63, 3.8) is 0 Å². The average Bonchev–Trinajstić information content (AvgIpc) is 2.90. The molecular weight excluding hydrogens is 372 g/mol. The van der Waals surface area contributed by atoms with Gasteiger partial charge in [0.1, 0.15) is 5.56 Å². The van der Waals surface area contributed by atoms with E-state index in [4.69, 9.17) is 0 Å². The number of carbonyl (C=O) groups excluding carboxylic acids is 3. The normalized spacial score (nSPS) is 18.1. The highest BCUT2D eigenvalue weighted by molar-refractivity contribution is 6.35. The summed E-state index contributed by atoms with van der Waals surface area (Å²) in [6.07, 6.45) is 0.637. The minimum absolute atomic E-state index is 0.0673. The summed E-state index contributed by atoms with van der Waals surface area (Å²) in [5.74, 6) is -1.76. The molecule has 3 rings (SSSR count). The van der Waals surface area contributed by atoms with Crippen LogP contribution < -0.4 is 5.32 Å². The third-order valence-electron chi connectivity index (χ3n) is 5.10. The minimum Gasteiger partial charge on any atom is -0.333 e. The van der Waals surface area contributed by atoms with E-state index < -0.39 is 33.6 Å². The van der Waals surface area contributed by atoms with Crippen molar-refractivity contribution in [1.29, 1.82) is 0 Å². The highest BCUT2D eigenvalue weighted by Gasteiger charge is 2.57. The van der Waals surface area contributed by atoms with Crippen LogP contribution in [0.2, 0.25) is 0 Å². The van der Waals surface area contributed by atoms with Gasteiger partial charge in [-0.15, -0.1) is 0 Å². The van der Waals surface area contributed by atoms with Crippen molar-refractivity contribution >= 4 is 23.2 Å². The van der Waals surface area contributed by atoms with Gasteiger partial charge in [-0.25, -0.2) is 0 Å². The van der Waals surface area contributed by atoms with Crippen LogP contribution in [0.5, 0.6) is 0 Å².